The van der Waals surface area contributed by atoms with E-state index in [-0.39, 0.29) is 11.5 Å². The van der Waals surface area contributed by atoms with Crippen LogP contribution in [0.15, 0.2) is 34.8 Å². The highest BCUT2D eigenvalue weighted by molar-refractivity contribution is 7.89. The van der Waals surface area contributed by atoms with Gasteiger partial charge in [-0.3, -0.25) is 4.68 Å². The fourth-order valence-electron chi connectivity index (χ4n) is 1.86. The molecule has 0 radical (unpaired) electrons. The van der Waals surface area contributed by atoms with Gasteiger partial charge in [-0.25, -0.2) is 12.7 Å². The quantitative estimate of drug-likeness (QED) is 0.789. The van der Waals surface area contributed by atoms with Gasteiger partial charge in [0, 0.05) is 37.8 Å². The molecule has 2 rings (SSSR count). The number of hydrogen-bond donors (Lipinski definition) is 1. The molecule has 116 valence electrons. The summed E-state index contributed by atoms with van der Waals surface area (Å²) < 4.78 is 27.7. The summed E-state index contributed by atoms with van der Waals surface area (Å²) in [6.07, 6.45) is 4.11. The van der Waals surface area contributed by atoms with Gasteiger partial charge >= 0.3 is 0 Å². The zero-order valence-corrected chi connectivity index (χ0v) is 13.5. The van der Waals surface area contributed by atoms with E-state index in [1.54, 1.807) is 18.4 Å². The number of sulfonamides is 1. The molecule has 0 saturated heterocycles. The third-order valence-corrected chi connectivity index (χ3v) is 5.86. The van der Waals surface area contributed by atoms with E-state index < -0.39 is 10.0 Å². The summed E-state index contributed by atoms with van der Waals surface area (Å²) in [5.41, 5.74) is 0. The first-order chi connectivity index (χ1) is 10.0. The fourth-order valence-corrected chi connectivity index (χ4v) is 3.68. The number of aliphatic hydroxyl groups excluding tert-OH is 1. The van der Waals surface area contributed by atoms with Gasteiger partial charge in [-0.05, 0) is 24.3 Å². The average molecular weight is 329 g/mol. The molecule has 0 aromatic carbocycles. The number of hydrogen-bond acceptors (Lipinski definition) is 5. The van der Waals surface area contributed by atoms with E-state index in [1.807, 2.05) is 17.5 Å². The predicted octanol–water partition coefficient (Wildman–Crippen LogP) is 1.19. The van der Waals surface area contributed by atoms with Gasteiger partial charge in [-0.15, -0.1) is 11.3 Å². The van der Waals surface area contributed by atoms with Crippen molar-refractivity contribution in [2.45, 2.75) is 24.3 Å². The van der Waals surface area contributed by atoms with Crippen LogP contribution < -0.4 is 0 Å². The highest BCUT2D eigenvalue weighted by Gasteiger charge is 2.22. The molecule has 8 heteroatoms. The summed E-state index contributed by atoms with van der Waals surface area (Å²) >= 11 is 1.62. The molecule has 0 amide bonds. The maximum atomic E-state index is 12.4. The Morgan fingerprint density at radius 1 is 1.48 bits per heavy atom. The predicted molar refractivity (Wildman–Crippen MR) is 81.8 cm³/mol. The van der Waals surface area contributed by atoms with Crippen LogP contribution in [0.25, 0.3) is 0 Å². The minimum atomic E-state index is -3.50. The van der Waals surface area contributed by atoms with E-state index in [0.29, 0.717) is 25.9 Å². The summed E-state index contributed by atoms with van der Waals surface area (Å²) in [5, 5.41) is 14.8. The van der Waals surface area contributed by atoms with Gasteiger partial charge in [-0.1, -0.05) is 6.07 Å². The number of aromatic nitrogens is 2. The molecule has 0 saturated carbocycles. The lowest BCUT2D eigenvalue weighted by Gasteiger charge is -2.15. The summed E-state index contributed by atoms with van der Waals surface area (Å²) in [6.45, 7) is 0.998. The summed E-state index contributed by atoms with van der Waals surface area (Å²) in [5.74, 6) is 0. The number of likely N-dealkylation sites (N-methyl/N-ethyl adjacent to an activating group) is 1. The Bertz CT molecular complexity index is 650. The Kier molecular flexibility index (Phi) is 5.51. The second-order valence-electron chi connectivity index (χ2n) is 4.67. The summed E-state index contributed by atoms with van der Waals surface area (Å²) in [7, 11) is -1.93. The third kappa shape index (κ3) is 4.13. The van der Waals surface area contributed by atoms with Crippen LogP contribution in [0.5, 0.6) is 0 Å². The SMILES string of the molecule is CN(CCc1cccs1)S(=O)(=O)c1cnn(CCCO)c1. The molecule has 2 heterocycles. The van der Waals surface area contributed by atoms with Crippen molar-refractivity contribution in [3.63, 3.8) is 0 Å². The molecule has 2 aromatic rings. The molecular formula is C13H19N3O3S2. The maximum Gasteiger partial charge on any atom is 0.245 e. The molecule has 0 aliphatic rings. The van der Waals surface area contributed by atoms with Crippen LogP contribution in [0.4, 0.5) is 0 Å². The minimum Gasteiger partial charge on any atom is -0.396 e. The number of thiophene rings is 1. The van der Waals surface area contributed by atoms with Crippen LogP contribution in [-0.2, 0) is 23.0 Å². The van der Waals surface area contributed by atoms with Crippen LogP contribution in [-0.4, -0.2) is 47.8 Å². The molecule has 21 heavy (non-hydrogen) atoms. The number of aryl methyl sites for hydroxylation is 1. The minimum absolute atomic E-state index is 0.0582. The zero-order valence-electron chi connectivity index (χ0n) is 11.8. The number of rotatable bonds is 8. The summed E-state index contributed by atoms with van der Waals surface area (Å²) in [4.78, 5) is 1.35. The van der Waals surface area contributed by atoms with Crippen molar-refractivity contribution < 1.29 is 13.5 Å². The van der Waals surface area contributed by atoms with E-state index in [1.165, 1.54) is 21.4 Å². The van der Waals surface area contributed by atoms with Crippen molar-refractivity contribution >= 4 is 21.4 Å². The standard InChI is InChI=1S/C13H19N3O3S2/c1-15(7-5-12-4-2-9-20-12)21(18,19)13-10-14-16(11-13)6-3-8-17/h2,4,9-11,17H,3,5-8H2,1H3. The van der Waals surface area contributed by atoms with Crippen LogP contribution in [0, 0.1) is 0 Å². The van der Waals surface area contributed by atoms with Crippen LogP contribution in [0.2, 0.25) is 0 Å². The molecule has 0 aliphatic carbocycles. The molecule has 0 spiro atoms. The second-order valence-corrected chi connectivity index (χ2v) is 7.75. The molecular weight excluding hydrogens is 310 g/mol. The van der Waals surface area contributed by atoms with Crippen LogP contribution >= 0.6 is 11.3 Å². The number of aliphatic hydroxyl groups is 1. The monoisotopic (exact) mass is 329 g/mol. The second kappa shape index (κ2) is 7.17. The van der Waals surface area contributed by atoms with Gasteiger partial charge in [-0.2, -0.15) is 5.10 Å². The molecule has 1 N–H and O–H groups in total. The Morgan fingerprint density at radius 3 is 2.95 bits per heavy atom. The lowest BCUT2D eigenvalue weighted by molar-refractivity contribution is 0.277. The van der Waals surface area contributed by atoms with Crippen LogP contribution in [0.3, 0.4) is 0 Å². The fraction of sp³-hybridized carbons (Fsp3) is 0.462. The van der Waals surface area contributed by atoms with E-state index in [2.05, 4.69) is 5.10 Å². The summed E-state index contributed by atoms with van der Waals surface area (Å²) in [6, 6.07) is 3.96. The van der Waals surface area contributed by atoms with Gasteiger partial charge in [0.05, 0.1) is 6.20 Å². The topological polar surface area (TPSA) is 75.4 Å². The van der Waals surface area contributed by atoms with Crippen molar-refractivity contribution in [2.24, 2.45) is 0 Å². The Balaban J connectivity index is 2.00. The lowest BCUT2D eigenvalue weighted by Crippen LogP contribution is -2.28. The van der Waals surface area contributed by atoms with Gasteiger partial charge < -0.3 is 5.11 Å². The highest BCUT2D eigenvalue weighted by atomic mass is 32.2. The van der Waals surface area contributed by atoms with Crippen LogP contribution in [0.1, 0.15) is 11.3 Å². The average Bonchev–Trinajstić information content (AvgIpc) is 3.13. The van der Waals surface area contributed by atoms with Gasteiger partial charge in [0.1, 0.15) is 4.90 Å². The van der Waals surface area contributed by atoms with Gasteiger partial charge in [0.2, 0.25) is 10.0 Å². The van der Waals surface area contributed by atoms with Crippen molar-refractivity contribution in [3.8, 4) is 0 Å². The highest BCUT2D eigenvalue weighted by Crippen LogP contribution is 2.15. The zero-order chi connectivity index (χ0) is 15.3. The third-order valence-electron chi connectivity index (χ3n) is 3.12. The molecule has 0 atom stereocenters. The molecule has 0 bridgehead atoms. The molecule has 2 aromatic heterocycles. The first-order valence-electron chi connectivity index (χ1n) is 6.66. The van der Waals surface area contributed by atoms with Crippen molar-refractivity contribution in [3.05, 3.63) is 34.8 Å². The van der Waals surface area contributed by atoms with E-state index in [4.69, 9.17) is 5.11 Å². The Labute approximate surface area is 128 Å². The van der Waals surface area contributed by atoms with Gasteiger partial charge in [0.25, 0.3) is 0 Å². The molecule has 0 unspecified atom stereocenters. The largest absolute Gasteiger partial charge is 0.396 e. The first kappa shape index (κ1) is 16.2. The molecule has 0 aliphatic heterocycles. The maximum absolute atomic E-state index is 12.4. The van der Waals surface area contributed by atoms with Crippen molar-refractivity contribution in [1.82, 2.24) is 14.1 Å². The Hall–Kier alpha value is -1.22. The van der Waals surface area contributed by atoms with Crippen molar-refractivity contribution in [1.29, 1.82) is 0 Å². The smallest absolute Gasteiger partial charge is 0.245 e. The first-order valence-corrected chi connectivity index (χ1v) is 8.98. The van der Waals surface area contributed by atoms with Gasteiger partial charge in [0.15, 0.2) is 0 Å². The van der Waals surface area contributed by atoms with E-state index in [0.717, 1.165) is 4.88 Å². The van der Waals surface area contributed by atoms with Crippen molar-refractivity contribution in [2.75, 3.05) is 20.2 Å². The molecule has 6 nitrogen and oxygen atoms in total. The Morgan fingerprint density at radius 2 is 2.29 bits per heavy atom. The van der Waals surface area contributed by atoms with E-state index >= 15 is 0 Å². The van der Waals surface area contributed by atoms with E-state index in [9.17, 15) is 8.42 Å². The lowest BCUT2D eigenvalue weighted by atomic mass is 10.3. The number of nitrogens with zero attached hydrogens (tertiary/aromatic N) is 3. The molecule has 0 fully saturated rings. The normalized spacial score (nSPS) is 12.1.